The number of aliphatic imine (C=N–C) groups is 1. The molecular weight excluding hydrogens is 98.1 g/mol. The number of nitrogens with zero attached hydrogens (tertiary/aromatic N) is 1. The Labute approximate surface area is 40.2 Å². The van der Waals surface area contributed by atoms with Crippen LogP contribution in [0.2, 0.25) is 0 Å². The zero-order valence-electron chi connectivity index (χ0n) is 2.84. The third-order valence-electron chi connectivity index (χ3n) is 0.170. The van der Waals surface area contributed by atoms with Gasteiger partial charge >= 0.3 is 0 Å². The van der Waals surface area contributed by atoms with Gasteiger partial charge in [0.25, 0.3) is 0 Å². The monoisotopic (exact) mass is 99.0 g/mol. The molecule has 0 rings (SSSR count). The largest absolute Gasteiger partial charge is 0.232 e. The third-order valence-corrected chi connectivity index (χ3v) is 0.275. The number of hydrogen-bond acceptors (Lipinski definition) is 3. The Balaban J connectivity index is 3.64. The zero-order valence-corrected chi connectivity index (χ0v) is 3.66. The first-order valence-corrected chi connectivity index (χ1v) is 1.59. The molecule has 0 aromatic rings. The van der Waals surface area contributed by atoms with Crippen LogP contribution in [0.25, 0.3) is 0 Å². The van der Waals surface area contributed by atoms with Crippen LogP contribution in [0.15, 0.2) is 11.2 Å². The van der Waals surface area contributed by atoms with E-state index in [1.165, 1.54) is 5.94 Å². The lowest BCUT2D eigenvalue weighted by atomic mass is 11.0. The molecule has 0 N–H and O–H groups in total. The Morgan fingerprint density at radius 2 is 2.50 bits per heavy atom. The molecular formula is C3HNOS. The van der Waals surface area contributed by atoms with Crippen molar-refractivity contribution in [1.82, 2.24) is 0 Å². The molecule has 0 aliphatic carbocycles. The molecule has 30 valence electrons. The van der Waals surface area contributed by atoms with Crippen LogP contribution in [0, 0.1) is 0 Å². The predicted molar refractivity (Wildman–Crippen MR) is 25.3 cm³/mol. The van der Waals surface area contributed by atoms with E-state index < -0.39 is 0 Å². The number of carbonyl (C=O) groups excluding carboxylic acids is 1. The summed E-state index contributed by atoms with van der Waals surface area (Å²) in [5.74, 6) is 1.40. The number of rotatable bonds is 1. The van der Waals surface area contributed by atoms with Gasteiger partial charge < -0.3 is 0 Å². The molecule has 0 bridgehead atoms. The summed E-state index contributed by atoms with van der Waals surface area (Å²) in [6.07, 6.45) is 0.910. The van der Waals surface area contributed by atoms with Gasteiger partial charge in [0.15, 0.2) is 0 Å². The van der Waals surface area contributed by atoms with Crippen LogP contribution in [0.5, 0.6) is 0 Å². The summed E-state index contributed by atoms with van der Waals surface area (Å²) in [5, 5.41) is 1.96. The topological polar surface area (TPSA) is 29.4 Å². The van der Waals surface area contributed by atoms with Gasteiger partial charge in [-0.05, 0) is 12.2 Å². The Morgan fingerprint density at radius 3 is 2.67 bits per heavy atom. The maximum absolute atomic E-state index is 9.20. The van der Waals surface area contributed by atoms with Crippen LogP contribution >= 0.6 is 12.2 Å². The Kier molecular flexibility index (Phi) is 3.72. The smallest absolute Gasteiger partial charge is 0.145 e. The van der Waals surface area contributed by atoms with Crippen molar-refractivity contribution in [3.05, 3.63) is 6.20 Å². The van der Waals surface area contributed by atoms with Crippen molar-refractivity contribution in [2.24, 2.45) is 4.99 Å². The van der Waals surface area contributed by atoms with Crippen LogP contribution in [0.1, 0.15) is 0 Å². The first kappa shape index (κ1) is 5.25. The van der Waals surface area contributed by atoms with Crippen molar-refractivity contribution in [2.45, 2.75) is 0 Å². The molecule has 0 spiro atoms. The molecule has 0 aliphatic rings. The summed E-state index contributed by atoms with van der Waals surface area (Å²) in [7, 11) is 0. The highest BCUT2D eigenvalue weighted by atomic mass is 32.1. The second kappa shape index (κ2) is 4.25. The van der Waals surface area contributed by atoms with Crippen molar-refractivity contribution in [1.29, 1.82) is 0 Å². The standard InChI is InChI=1S/C3HNOS/c5-2-1-4-3-6/h1H. The molecule has 0 aromatic heterocycles. The molecule has 0 unspecified atom stereocenters. The molecule has 0 fully saturated rings. The minimum atomic E-state index is 0.910. The SMILES string of the molecule is O=C=CN=C=S. The van der Waals surface area contributed by atoms with Gasteiger partial charge in [-0.1, -0.05) is 0 Å². The Morgan fingerprint density at radius 1 is 1.83 bits per heavy atom. The fraction of sp³-hybridized carbons (Fsp3) is 0. The molecule has 0 saturated heterocycles. The summed E-state index contributed by atoms with van der Waals surface area (Å²) in [6.45, 7) is 0. The maximum Gasteiger partial charge on any atom is 0.145 e. The predicted octanol–water partition coefficient (Wildman–Crippen LogP) is 0.434. The highest BCUT2D eigenvalue weighted by Gasteiger charge is 1.46. The fourth-order valence-electron chi connectivity index (χ4n) is 0.0527. The summed E-state index contributed by atoms with van der Waals surface area (Å²) < 4.78 is 0. The van der Waals surface area contributed by atoms with Crippen molar-refractivity contribution >= 4 is 23.3 Å². The normalized spacial score (nSPS) is 4.67. The van der Waals surface area contributed by atoms with Gasteiger partial charge in [0.1, 0.15) is 12.1 Å². The molecule has 0 heterocycles. The van der Waals surface area contributed by atoms with E-state index in [2.05, 4.69) is 17.2 Å². The number of isothiocyanates is 1. The van der Waals surface area contributed by atoms with Crippen molar-refractivity contribution in [3.8, 4) is 0 Å². The van der Waals surface area contributed by atoms with Gasteiger partial charge in [0.2, 0.25) is 0 Å². The van der Waals surface area contributed by atoms with E-state index in [4.69, 9.17) is 0 Å². The molecule has 3 heteroatoms. The first-order chi connectivity index (χ1) is 2.91. The lowest BCUT2D eigenvalue weighted by Crippen LogP contribution is -1.43. The van der Waals surface area contributed by atoms with Crippen LogP contribution in [-0.4, -0.2) is 11.1 Å². The second-order valence-corrected chi connectivity index (χ2v) is 0.650. The van der Waals surface area contributed by atoms with E-state index in [0.717, 1.165) is 6.20 Å². The molecule has 2 nitrogen and oxygen atoms in total. The van der Waals surface area contributed by atoms with Crippen LogP contribution in [0.4, 0.5) is 0 Å². The number of hydrogen-bond donors (Lipinski definition) is 0. The van der Waals surface area contributed by atoms with Crippen LogP contribution in [0.3, 0.4) is 0 Å². The van der Waals surface area contributed by atoms with Gasteiger partial charge in [0, 0.05) is 0 Å². The average Bonchev–Trinajstić information content (AvgIpc) is 1.61. The van der Waals surface area contributed by atoms with Crippen LogP contribution in [-0.2, 0) is 4.79 Å². The van der Waals surface area contributed by atoms with Crippen molar-refractivity contribution < 1.29 is 4.79 Å². The van der Waals surface area contributed by atoms with E-state index in [-0.39, 0.29) is 0 Å². The maximum atomic E-state index is 9.20. The minimum absolute atomic E-state index is 0.910. The van der Waals surface area contributed by atoms with E-state index in [9.17, 15) is 4.79 Å². The Hall–Kier alpha value is -0.750. The van der Waals surface area contributed by atoms with Gasteiger partial charge in [-0.2, -0.15) is 4.99 Å². The second-order valence-electron chi connectivity index (χ2n) is 0.467. The molecule has 0 saturated carbocycles. The lowest BCUT2D eigenvalue weighted by molar-refractivity contribution is 0.568. The van der Waals surface area contributed by atoms with Gasteiger partial charge in [0.05, 0.1) is 5.16 Å². The minimum Gasteiger partial charge on any atom is -0.232 e. The molecule has 0 aliphatic heterocycles. The summed E-state index contributed by atoms with van der Waals surface area (Å²) in [5.41, 5.74) is 0. The fourth-order valence-corrected chi connectivity index (χ4v) is 0.105. The van der Waals surface area contributed by atoms with E-state index in [1.807, 2.05) is 5.16 Å². The summed E-state index contributed by atoms with van der Waals surface area (Å²) in [4.78, 5) is 12.3. The van der Waals surface area contributed by atoms with E-state index >= 15 is 0 Å². The van der Waals surface area contributed by atoms with E-state index in [1.54, 1.807) is 0 Å². The highest BCUT2D eigenvalue weighted by Crippen LogP contribution is 1.54. The quantitative estimate of drug-likeness (QED) is 0.271. The third kappa shape index (κ3) is 3.25. The van der Waals surface area contributed by atoms with Crippen molar-refractivity contribution in [3.63, 3.8) is 0 Å². The van der Waals surface area contributed by atoms with Gasteiger partial charge in [-0.15, -0.1) is 0 Å². The molecule has 0 aromatic carbocycles. The summed E-state index contributed by atoms with van der Waals surface area (Å²) in [6, 6.07) is 0. The average molecular weight is 99.1 g/mol. The molecule has 0 amide bonds. The summed E-state index contributed by atoms with van der Waals surface area (Å²) >= 11 is 4.09. The molecule has 0 radical (unpaired) electrons. The van der Waals surface area contributed by atoms with Gasteiger partial charge in [-0.25, -0.2) is 4.79 Å². The van der Waals surface area contributed by atoms with E-state index in [0.29, 0.717) is 0 Å². The van der Waals surface area contributed by atoms with Crippen LogP contribution < -0.4 is 0 Å². The van der Waals surface area contributed by atoms with Crippen molar-refractivity contribution in [2.75, 3.05) is 0 Å². The molecule has 6 heavy (non-hydrogen) atoms. The zero-order chi connectivity index (χ0) is 4.83. The van der Waals surface area contributed by atoms with Gasteiger partial charge in [-0.3, -0.25) is 0 Å². The first-order valence-electron chi connectivity index (χ1n) is 1.18. The lowest BCUT2D eigenvalue weighted by Gasteiger charge is -1.46. The number of thiocarbonyl (C=S) groups is 1. The molecule has 0 atom stereocenters. The Bertz CT molecular complexity index is 103. The highest BCUT2D eigenvalue weighted by molar-refractivity contribution is 7.78.